The Morgan fingerprint density at radius 2 is 1.86 bits per heavy atom. The molecule has 1 fully saturated rings. The van der Waals surface area contributed by atoms with E-state index in [1.807, 2.05) is 24.3 Å². The van der Waals surface area contributed by atoms with Crippen molar-refractivity contribution in [3.8, 4) is 0 Å². The van der Waals surface area contributed by atoms with Gasteiger partial charge in [-0.3, -0.25) is 0 Å². The summed E-state index contributed by atoms with van der Waals surface area (Å²) < 4.78 is 16.1. The number of fused-ring (bicyclic) bond motifs is 3. The van der Waals surface area contributed by atoms with Crippen LogP contribution in [0.2, 0.25) is 0 Å². The lowest BCUT2D eigenvalue weighted by molar-refractivity contribution is -0.0381. The number of nitrogens with one attached hydrogen (secondary N) is 1. The van der Waals surface area contributed by atoms with Gasteiger partial charge in [-0.05, 0) is 55.7 Å². The highest BCUT2D eigenvalue weighted by Crippen LogP contribution is 2.49. The molecule has 0 aromatic heterocycles. The number of methoxy groups -OCH3 is 1. The molecule has 2 aromatic rings. The van der Waals surface area contributed by atoms with Crippen LogP contribution in [0.4, 0.5) is 5.69 Å². The molecule has 2 aliphatic heterocycles. The minimum atomic E-state index is -0.344. The molecule has 2 aromatic carbocycles. The average Bonchev–Trinajstić information content (AvgIpc) is 2.78. The third-order valence-electron chi connectivity index (χ3n) is 5.67. The van der Waals surface area contributed by atoms with E-state index in [-0.39, 0.29) is 30.0 Å². The summed E-state index contributed by atoms with van der Waals surface area (Å²) in [5, 5.41) is 3.62. The van der Waals surface area contributed by atoms with Gasteiger partial charge in [-0.2, -0.15) is 0 Å². The molecule has 0 saturated carbocycles. The van der Waals surface area contributed by atoms with Gasteiger partial charge in [0.25, 0.3) is 0 Å². The lowest BCUT2D eigenvalue weighted by Gasteiger charge is -2.43. The zero-order valence-corrected chi connectivity index (χ0v) is 16.6. The number of carbonyl (C=O) groups is 2. The molecule has 6 nitrogen and oxygen atoms in total. The van der Waals surface area contributed by atoms with Gasteiger partial charge in [0.1, 0.15) is 0 Å². The molecule has 0 bridgehead atoms. The van der Waals surface area contributed by atoms with Crippen molar-refractivity contribution in [3.05, 3.63) is 64.7 Å². The third kappa shape index (κ3) is 3.72. The Balaban J connectivity index is 1.67. The molecule has 3 atom stereocenters. The first kappa shape index (κ1) is 19.5. The van der Waals surface area contributed by atoms with Crippen LogP contribution in [-0.4, -0.2) is 32.3 Å². The van der Waals surface area contributed by atoms with Crippen LogP contribution >= 0.6 is 0 Å². The summed E-state index contributed by atoms with van der Waals surface area (Å²) in [6.07, 6.45) is 1.93. The van der Waals surface area contributed by atoms with E-state index in [1.165, 1.54) is 7.11 Å². The number of anilines is 1. The van der Waals surface area contributed by atoms with Crippen molar-refractivity contribution >= 4 is 17.6 Å². The van der Waals surface area contributed by atoms with E-state index >= 15 is 0 Å². The van der Waals surface area contributed by atoms with Gasteiger partial charge in [0, 0.05) is 23.8 Å². The van der Waals surface area contributed by atoms with E-state index in [0.29, 0.717) is 24.3 Å². The molecule has 1 saturated heterocycles. The summed E-state index contributed by atoms with van der Waals surface area (Å²) >= 11 is 0. The molecule has 2 aliphatic rings. The molecule has 4 rings (SSSR count). The molecule has 0 amide bonds. The Morgan fingerprint density at radius 1 is 1.10 bits per heavy atom. The van der Waals surface area contributed by atoms with Crippen molar-refractivity contribution in [3.63, 3.8) is 0 Å². The van der Waals surface area contributed by atoms with Gasteiger partial charge in [-0.25, -0.2) is 9.59 Å². The smallest absolute Gasteiger partial charge is 0.338 e. The molecule has 0 unspecified atom stereocenters. The van der Waals surface area contributed by atoms with E-state index in [9.17, 15) is 9.59 Å². The number of esters is 2. The van der Waals surface area contributed by atoms with Crippen molar-refractivity contribution < 1.29 is 23.8 Å². The minimum absolute atomic E-state index is 0.0629. The van der Waals surface area contributed by atoms with Crippen molar-refractivity contribution in [1.82, 2.24) is 0 Å². The van der Waals surface area contributed by atoms with E-state index in [2.05, 4.69) is 5.32 Å². The first-order chi connectivity index (χ1) is 14.1. The lowest BCUT2D eigenvalue weighted by Crippen LogP contribution is -2.36. The van der Waals surface area contributed by atoms with Crippen molar-refractivity contribution in [1.29, 1.82) is 0 Å². The molecular weight excluding hydrogens is 370 g/mol. The topological polar surface area (TPSA) is 73.9 Å². The molecule has 2 heterocycles. The van der Waals surface area contributed by atoms with Gasteiger partial charge in [0.05, 0.1) is 37.0 Å². The molecular formula is C23H25NO5. The van der Waals surface area contributed by atoms with Gasteiger partial charge in [-0.1, -0.05) is 12.1 Å². The van der Waals surface area contributed by atoms with Gasteiger partial charge in [0.2, 0.25) is 0 Å². The zero-order valence-electron chi connectivity index (χ0n) is 16.6. The number of hydrogen-bond donors (Lipinski definition) is 1. The first-order valence-corrected chi connectivity index (χ1v) is 10.00. The van der Waals surface area contributed by atoms with Crippen LogP contribution < -0.4 is 5.32 Å². The molecule has 152 valence electrons. The first-order valence-electron chi connectivity index (χ1n) is 10.00. The van der Waals surface area contributed by atoms with Crippen molar-refractivity contribution in [2.24, 2.45) is 5.92 Å². The summed E-state index contributed by atoms with van der Waals surface area (Å²) in [5.74, 6) is -0.426. The fourth-order valence-electron chi connectivity index (χ4n) is 4.29. The highest BCUT2D eigenvalue weighted by Gasteiger charge is 2.40. The maximum absolute atomic E-state index is 12.2. The summed E-state index contributed by atoms with van der Waals surface area (Å²) in [5.41, 5.74) is 4.13. The van der Waals surface area contributed by atoms with Crippen LogP contribution in [0.15, 0.2) is 42.5 Å². The highest BCUT2D eigenvalue weighted by molar-refractivity contribution is 5.90. The van der Waals surface area contributed by atoms with Crippen molar-refractivity contribution in [2.75, 3.05) is 25.6 Å². The standard InChI is InChI=1S/C23H25NO5/c1-3-28-23(26)16-10-11-19-18(13-16)21-17(5-4-12-29-21)20(24-19)14-6-8-15(9-7-14)22(25)27-2/h6-11,13,17,20-21,24H,3-5,12H2,1-2H3/t17-,20+,21-/m1/s1. The fourth-order valence-corrected chi connectivity index (χ4v) is 4.29. The number of carbonyl (C=O) groups excluding carboxylic acids is 2. The van der Waals surface area contributed by atoms with Gasteiger partial charge in [-0.15, -0.1) is 0 Å². The molecule has 0 radical (unpaired) electrons. The molecule has 1 N–H and O–H groups in total. The SMILES string of the molecule is CCOC(=O)c1ccc2c(c1)[C@@H]1OCCC[C@@H]1[C@H](c1ccc(C(=O)OC)cc1)N2. The predicted molar refractivity (Wildman–Crippen MR) is 108 cm³/mol. The quantitative estimate of drug-likeness (QED) is 0.779. The van der Waals surface area contributed by atoms with Crippen LogP contribution in [0.5, 0.6) is 0 Å². The summed E-state index contributed by atoms with van der Waals surface area (Å²) in [4.78, 5) is 23.9. The third-order valence-corrected chi connectivity index (χ3v) is 5.67. The molecule has 0 spiro atoms. The van der Waals surface area contributed by atoms with Gasteiger partial charge >= 0.3 is 11.9 Å². The molecule has 6 heteroatoms. The van der Waals surface area contributed by atoms with Crippen molar-refractivity contribution in [2.45, 2.75) is 31.9 Å². The Kier molecular flexibility index (Phi) is 5.53. The lowest BCUT2D eigenvalue weighted by atomic mass is 9.77. The second-order valence-electron chi connectivity index (χ2n) is 7.36. The van der Waals surface area contributed by atoms with Gasteiger partial charge in [0.15, 0.2) is 0 Å². The molecule has 29 heavy (non-hydrogen) atoms. The Labute approximate surface area is 170 Å². The van der Waals surface area contributed by atoms with E-state index in [0.717, 1.165) is 29.7 Å². The van der Waals surface area contributed by atoms with E-state index in [4.69, 9.17) is 14.2 Å². The van der Waals surface area contributed by atoms with Crippen LogP contribution in [0, 0.1) is 5.92 Å². The highest BCUT2D eigenvalue weighted by atomic mass is 16.5. The summed E-state index contributed by atoms with van der Waals surface area (Å²) in [7, 11) is 1.38. The normalized spacial score (nSPS) is 22.6. The minimum Gasteiger partial charge on any atom is -0.465 e. The van der Waals surface area contributed by atoms with Crippen LogP contribution in [0.1, 0.15) is 63.8 Å². The Hall–Kier alpha value is -2.86. The summed E-state index contributed by atoms with van der Waals surface area (Å²) in [6, 6.07) is 13.2. The number of hydrogen-bond acceptors (Lipinski definition) is 6. The number of rotatable bonds is 4. The van der Waals surface area contributed by atoms with Crippen LogP contribution in [-0.2, 0) is 14.2 Å². The van der Waals surface area contributed by atoms with E-state index < -0.39 is 0 Å². The molecule has 0 aliphatic carbocycles. The summed E-state index contributed by atoms with van der Waals surface area (Å²) in [6.45, 7) is 2.85. The average molecular weight is 395 g/mol. The van der Waals surface area contributed by atoms with Gasteiger partial charge < -0.3 is 19.5 Å². The van der Waals surface area contributed by atoms with E-state index in [1.54, 1.807) is 25.1 Å². The Morgan fingerprint density at radius 3 is 2.59 bits per heavy atom. The monoisotopic (exact) mass is 395 g/mol. The Bertz CT molecular complexity index is 908. The van der Waals surface area contributed by atoms with Crippen LogP contribution in [0.3, 0.4) is 0 Å². The number of benzene rings is 2. The van der Waals surface area contributed by atoms with Crippen LogP contribution in [0.25, 0.3) is 0 Å². The second-order valence-corrected chi connectivity index (χ2v) is 7.36. The predicted octanol–water partition coefficient (Wildman–Crippen LogP) is 4.28. The largest absolute Gasteiger partial charge is 0.465 e. The number of ether oxygens (including phenoxy) is 3. The fraction of sp³-hybridized carbons (Fsp3) is 0.391. The maximum atomic E-state index is 12.2. The maximum Gasteiger partial charge on any atom is 0.338 e. The zero-order chi connectivity index (χ0) is 20.4. The second kappa shape index (κ2) is 8.25.